The van der Waals surface area contributed by atoms with Crippen molar-refractivity contribution in [2.45, 2.75) is 18.5 Å². The number of benzene rings is 3. The van der Waals surface area contributed by atoms with E-state index in [0.29, 0.717) is 11.1 Å². The molecule has 0 aliphatic carbocycles. The van der Waals surface area contributed by atoms with Crippen molar-refractivity contribution >= 4 is 0 Å². The molecular formula is C26H14F9N. The van der Waals surface area contributed by atoms with Crippen LogP contribution < -0.4 is 0 Å². The van der Waals surface area contributed by atoms with Gasteiger partial charge in [-0.15, -0.1) is 0 Å². The van der Waals surface area contributed by atoms with E-state index >= 15 is 0 Å². The Morgan fingerprint density at radius 2 is 0.639 bits per heavy atom. The van der Waals surface area contributed by atoms with Crippen molar-refractivity contribution in [2.24, 2.45) is 0 Å². The molecule has 0 saturated carbocycles. The van der Waals surface area contributed by atoms with E-state index in [-0.39, 0.29) is 22.5 Å². The minimum Gasteiger partial charge on any atom is -0.248 e. The maximum Gasteiger partial charge on any atom is 0.416 e. The van der Waals surface area contributed by atoms with Crippen LogP contribution >= 0.6 is 0 Å². The second-order valence-corrected chi connectivity index (χ2v) is 7.85. The van der Waals surface area contributed by atoms with Gasteiger partial charge in [-0.3, -0.25) is 0 Å². The van der Waals surface area contributed by atoms with Crippen LogP contribution in [0.3, 0.4) is 0 Å². The van der Waals surface area contributed by atoms with Crippen LogP contribution in [0.4, 0.5) is 39.5 Å². The van der Waals surface area contributed by atoms with Crippen molar-refractivity contribution in [2.75, 3.05) is 0 Å². The van der Waals surface area contributed by atoms with Crippen LogP contribution in [0, 0.1) is 0 Å². The third kappa shape index (κ3) is 5.53. The summed E-state index contributed by atoms with van der Waals surface area (Å²) in [5.41, 5.74) is -0.954. The second kappa shape index (κ2) is 9.00. The topological polar surface area (TPSA) is 12.9 Å². The van der Waals surface area contributed by atoms with E-state index in [0.717, 1.165) is 36.4 Å². The lowest BCUT2D eigenvalue weighted by atomic mass is 9.98. The Labute approximate surface area is 198 Å². The number of rotatable bonds is 3. The van der Waals surface area contributed by atoms with Gasteiger partial charge in [0.15, 0.2) is 0 Å². The predicted molar refractivity (Wildman–Crippen MR) is 116 cm³/mol. The molecular weight excluding hydrogens is 497 g/mol. The maximum absolute atomic E-state index is 13.0. The first-order chi connectivity index (χ1) is 16.7. The molecule has 1 heterocycles. The van der Waals surface area contributed by atoms with E-state index in [1.165, 1.54) is 48.5 Å². The Morgan fingerprint density at radius 1 is 0.361 bits per heavy atom. The molecule has 4 rings (SSSR count). The summed E-state index contributed by atoms with van der Waals surface area (Å²) in [7, 11) is 0. The van der Waals surface area contributed by atoms with Crippen molar-refractivity contribution < 1.29 is 39.5 Å². The van der Waals surface area contributed by atoms with E-state index in [1.54, 1.807) is 0 Å². The Kier molecular flexibility index (Phi) is 6.32. The minimum atomic E-state index is -4.56. The van der Waals surface area contributed by atoms with Crippen LogP contribution in [-0.2, 0) is 18.5 Å². The molecule has 0 spiro atoms. The minimum absolute atomic E-state index is 0.191. The van der Waals surface area contributed by atoms with Crippen LogP contribution in [0.15, 0.2) is 84.9 Å². The van der Waals surface area contributed by atoms with E-state index < -0.39 is 35.2 Å². The van der Waals surface area contributed by atoms with Crippen molar-refractivity contribution in [3.8, 4) is 33.6 Å². The Morgan fingerprint density at radius 3 is 0.917 bits per heavy atom. The highest BCUT2D eigenvalue weighted by atomic mass is 19.4. The van der Waals surface area contributed by atoms with Crippen LogP contribution in [-0.4, -0.2) is 4.98 Å². The number of halogens is 9. The summed E-state index contributed by atoms with van der Waals surface area (Å²) in [6, 6.07) is 15.4. The molecule has 4 aromatic rings. The van der Waals surface area contributed by atoms with Gasteiger partial charge in [-0.25, -0.2) is 4.98 Å². The van der Waals surface area contributed by atoms with Crippen molar-refractivity contribution in [1.82, 2.24) is 4.98 Å². The van der Waals surface area contributed by atoms with Gasteiger partial charge in [-0.05, 0) is 59.7 Å². The first kappa shape index (κ1) is 25.3. The normalized spacial score (nSPS) is 12.6. The van der Waals surface area contributed by atoms with Gasteiger partial charge < -0.3 is 0 Å². The molecule has 0 radical (unpaired) electrons. The van der Waals surface area contributed by atoms with Crippen LogP contribution in [0.1, 0.15) is 16.7 Å². The monoisotopic (exact) mass is 511 g/mol. The quantitative estimate of drug-likeness (QED) is 0.250. The highest BCUT2D eigenvalue weighted by Gasteiger charge is 2.31. The molecule has 0 N–H and O–H groups in total. The molecule has 0 saturated heterocycles. The number of hydrogen-bond donors (Lipinski definition) is 0. The molecule has 36 heavy (non-hydrogen) atoms. The van der Waals surface area contributed by atoms with Gasteiger partial charge in [-0.2, -0.15) is 39.5 Å². The fourth-order valence-electron chi connectivity index (χ4n) is 3.50. The first-order valence-electron chi connectivity index (χ1n) is 10.3. The van der Waals surface area contributed by atoms with E-state index in [2.05, 4.69) is 4.98 Å². The zero-order chi connectivity index (χ0) is 26.3. The number of alkyl halides is 9. The molecule has 0 amide bonds. The third-order valence-corrected chi connectivity index (χ3v) is 5.39. The Hall–Kier alpha value is -3.82. The van der Waals surface area contributed by atoms with E-state index in [1.807, 2.05) is 0 Å². The zero-order valence-corrected chi connectivity index (χ0v) is 17.9. The summed E-state index contributed by atoms with van der Waals surface area (Å²) in [5.74, 6) is 0. The van der Waals surface area contributed by atoms with Gasteiger partial charge in [0, 0.05) is 11.1 Å². The van der Waals surface area contributed by atoms with Gasteiger partial charge in [0.05, 0.1) is 28.1 Å². The first-order valence-corrected chi connectivity index (χ1v) is 10.3. The Balaban J connectivity index is 1.82. The van der Waals surface area contributed by atoms with Crippen LogP contribution in [0.25, 0.3) is 33.6 Å². The fourth-order valence-corrected chi connectivity index (χ4v) is 3.50. The predicted octanol–water partition coefficient (Wildman–Crippen LogP) is 9.14. The van der Waals surface area contributed by atoms with Gasteiger partial charge >= 0.3 is 18.5 Å². The van der Waals surface area contributed by atoms with Crippen LogP contribution in [0.5, 0.6) is 0 Å². The lowest BCUT2D eigenvalue weighted by Gasteiger charge is -2.13. The molecule has 0 atom stereocenters. The summed E-state index contributed by atoms with van der Waals surface area (Å²) in [4.78, 5) is 4.40. The summed E-state index contributed by atoms with van der Waals surface area (Å²) in [6.45, 7) is 0. The van der Waals surface area contributed by atoms with Crippen molar-refractivity contribution in [1.29, 1.82) is 0 Å². The lowest BCUT2D eigenvalue weighted by molar-refractivity contribution is -0.138. The molecule has 0 fully saturated rings. The average molecular weight is 511 g/mol. The summed E-state index contributed by atoms with van der Waals surface area (Å²) in [5, 5.41) is 0. The van der Waals surface area contributed by atoms with Gasteiger partial charge in [0.1, 0.15) is 0 Å². The molecule has 0 aliphatic heterocycles. The molecule has 3 aromatic carbocycles. The second-order valence-electron chi connectivity index (χ2n) is 7.85. The molecule has 0 bridgehead atoms. The molecule has 1 nitrogen and oxygen atoms in total. The molecule has 186 valence electrons. The van der Waals surface area contributed by atoms with Crippen molar-refractivity contribution in [3.63, 3.8) is 0 Å². The van der Waals surface area contributed by atoms with E-state index in [9.17, 15) is 39.5 Å². The standard InChI is InChI=1S/C26H14F9N/c27-24(28,29)19-7-1-15(2-8-19)18-13-22(16-3-9-20(10-4-16)25(30,31)32)36-23(14-18)17-5-11-21(12-6-17)26(33,34)35/h1-14H. The fraction of sp³-hybridized carbons (Fsp3) is 0.115. The number of nitrogens with zero attached hydrogens (tertiary/aromatic N) is 1. The largest absolute Gasteiger partial charge is 0.416 e. The smallest absolute Gasteiger partial charge is 0.248 e. The van der Waals surface area contributed by atoms with E-state index in [4.69, 9.17) is 0 Å². The zero-order valence-electron chi connectivity index (χ0n) is 17.9. The highest BCUT2D eigenvalue weighted by molar-refractivity contribution is 5.76. The van der Waals surface area contributed by atoms with Gasteiger partial charge in [0.25, 0.3) is 0 Å². The molecule has 0 unspecified atom stereocenters. The number of aromatic nitrogens is 1. The third-order valence-electron chi connectivity index (χ3n) is 5.39. The Bertz CT molecular complexity index is 1170. The highest BCUT2D eigenvalue weighted by Crippen LogP contribution is 2.36. The molecule has 1 aromatic heterocycles. The molecule has 0 aliphatic rings. The number of pyridine rings is 1. The lowest BCUT2D eigenvalue weighted by Crippen LogP contribution is -2.04. The average Bonchev–Trinajstić information content (AvgIpc) is 2.82. The maximum atomic E-state index is 13.0. The van der Waals surface area contributed by atoms with Crippen molar-refractivity contribution in [3.05, 3.63) is 102 Å². The van der Waals surface area contributed by atoms with Crippen LogP contribution in [0.2, 0.25) is 0 Å². The summed E-state index contributed by atoms with van der Waals surface area (Å²) < 4.78 is 117. The van der Waals surface area contributed by atoms with Gasteiger partial charge in [-0.1, -0.05) is 36.4 Å². The molecule has 10 heteroatoms. The SMILES string of the molecule is FC(F)(F)c1ccc(-c2cc(-c3ccc(C(F)(F)F)cc3)nc(-c3ccc(C(F)(F)F)cc3)c2)cc1. The summed E-state index contributed by atoms with van der Waals surface area (Å²) >= 11 is 0. The number of hydrogen-bond acceptors (Lipinski definition) is 1. The summed E-state index contributed by atoms with van der Waals surface area (Å²) in [6.07, 6.45) is -13.7. The van der Waals surface area contributed by atoms with Gasteiger partial charge in [0.2, 0.25) is 0 Å².